The molecule has 2 heteroatoms. The Kier molecular flexibility index (Phi) is 3.58. The van der Waals surface area contributed by atoms with E-state index in [9.17, 15) is 0 Å². The van der Waals surface area contributed by atoms with E-state index in [1.165, 1.54) is 16.7 Å². The van der Waals surface area contributed by atoms with Crippen molar-refractivity contribution in [2.45, 2.75) is 31.7 Å². The van der Waals surface area contributed by atoms with Gasteiger partial charge in [0.1, 0.15) is 0 Å². The van der Waals surface area contributed by atoms with E-state index in [1.807, 2.05) is 6.07 Å². The van der Waals surface area contributed by atoms with Gasteiger partial charge in [0.15, 0.2) is 0 Å². The number of aryl methyl sites for hydroxylation is 1. The first-order valence-corrected chi connectivity index (χ1v) is 6.34. The van der Waals surface area contributed by atoms with E-state index >= 15 is 0 Å². The maximum absolute atomic E-state index is 6.06. The summed E-state index contributed by atoms with van der Waals surface area (Å²) in [6, 6.07) is 6.46. The van der Waals surface area contributed by atoms with Crippen LogP contribution in [0.1, 0.15) is 30.4 Å². The molecule has 0 saturated carbocycles. The van der Waals surface area contributed by atoms with Crippen LogP contribution >= 0.6 is 11.6 Å². The molecule has 1 nitrogen and oxygen atoms in total. The normalized spacial score (nSPS) is 23.8. The zero-order valence-corrected chi connectivity index (χ0v) is 10.9. The molecule has 2 rings (SSSR count). The van der Waals surface area contributed by atoms with Gasteiger partial charge >= 0.3 is 0 Å². The van der Waals surface area contributed by atoms with Crippen LogP contribution in [0.2, 0.25) is 5.02 Å². The molecule has 0 heterocycles. The van der Waals surface area contributed by atoms with Crippen molar-refractivity contribution in [3.05, 3.63) is 59.3 Å². The van der Waals surface area contributed by atoms with Crippen LogP contribution in [0.4, 0.5) is 0 Å². The summed E-state index contributed by atoms with van der Waals surface area (Å²) in [5, 5.41) is 4.13. The van der Waals surface area contributed by atoms with Gasteiger partial charge in [0.2, 0.25) is 0 Å². The highest BCUT2D eigenvalue weighted by atomic mass is 35.5. The molecule has 2 atom stereocenters. The fourth-order valence-electron chi connectivity index (χ4n) is 2.61. The molecule has 0 aromatic heterocycles. The molecule has 0 aliphatic heterocycles. The standard InChI is InChI=1S/C15H18ClN/c1-4-17-15-10(2)5-6-12-9-13(16)7-8-14(12)11(15)3/h4,7-9,11,15,17H,1-2,5-6H2,3H3/t11-,15?/m1/s1. The number of hydrogen-bond acceptors (Lipinski definition) is 1. The molecule has 0 radical (unpaired) electrons. The van der Waals surface area contributed by atoms with Crippen molar-refractivity contribution in [3.8, 4) is 0 Å². The second-order valence-electron chi connectivity index (χ2n) is 4.64. The maximum Gasteiger partial charge on any atom is 0.0531 e. The first-order valence-electron chi connectivity index (χ1n) is 5.96. The highest BCUT2D eigenvalue weighted by Crippen LogP contribution is 2.33. The van der Waals surface area contributed by atoms with Gasteiger partial charge in [-0.2, -0.15) is 0 Å². The fourth-order valence-corrected chi connectivity index (χ4v) is 2.80. The fraction of sp³-hybridized carbons (Fsp3) is 0.333. The van der Waals surface area contributed by atoms with Crippen molar-refractivity contribution < 1.29 is 0 Å². The minimum Gasteiger partial charge on any atom is -0.384 e. The van der Waals surface area contributed by atoms with Crippen molar-refractivity contribution in [1.82, 2.24) is 5.32 Å². The Morgan fingerprint density at radius 1 is 1.41 bits per heavy atom. The summed E-state index contributed by atoms with van der Waals surface area (Å²) in [5.74, 6) is 0.398. The van der Waals surface area contributed by atoms with Crippen molar-refractivity contribution in [2.24, 2.45) is 0 Å². The van der Waals surface area contributed by atoms with Crippen LogP contribution in [0, 0.1) is 0 Å². The SMILES string of the molecule is C=CNC1C(=C)CCc2cc(Cl)ccc2[C@H]1C. The van der Waals surface area contributed by atoms with Crippen LogP contribution in [0.25, 0.3) is 0 Å². The van der Waals surface area contributed by atoms with Crippen molar-refractivity contribution in [1.29, 1.82) is 0 Å². The molecule has 1 aromatic carbocycles. The van der Waals surface area contributed by atoms with E-state index in [2.05, 4.69) is 37.5 Å². The Labute approximate surface area is 108 Å². The van der Waals surface area contributed by atoms with Crippen LogP contribution in [0.15, 0.2) is 43.1 Å². The average molecular weight is 248 g/mol. The number of rotatable bonds is 2. The van der Waals surface area contributed by atoms with Crippen molar-refractivity contribution in [2.75, 3.05) is 0 Å². The summed E-state index contributed by atoms with van der Waals surface area (Å²) < 4.78 is 0. The number of benzene rings is 1. The molecule has 0 bridgehead atoms. The van der Waals surface area contributed by atoms with Crippen LogP contribution in [-0.2, 0) is 6.42 Å². The number of fused-ring (bicyclic) bond motifs is 1. The molecule has 1 aliphatic carbocycles. The van der Waals surface area contributed by atoms with Crippen LogP contribution in [-0.4, -0.2) is 6.04 Å². The van der Waals surface area contributed by atoms with E-state index in [1.54, 1.807) is 6.20 Å². The first-order chi connectivity index (χ1) is 8.13. The lowest BCUT2D eigenvalue weighted by molar-refractivity contribution is 0.563. The highest BCUT2D eigenvalue weighted by molar-refractivity contribution is 6.30. The third-order valence-corrected chi connectivity index (χ3v) is 3.78. The van der Waals surface area contributed by atoms with Gasteiger partial charge in [-0.3, -0.25) is 0 Å². The molecule has 0 saturated heterocycles. The number of hydrogen-bond donors (Lipinski definition) is 1. The van der Waals surface area contributed by atoms with E-state index < -0.39 is 0 Å². The summed E-state index contributed by atoms with van der Waals surface area (Å²) in [7, 11) is 0. The van der Waals surface area contributed by atoms with E-state index in [0.29, 0.717) is 5.92 Å². The van der Waals surface area contributed by atoms with Crippen LogP contribution < -0.4 is 5.32 Å². The van der Waals surface area contributed by atoms with Gasteiger partial charge in [-0.05, 0) is 42.3 Å². The molecule has 0 spiro atoms. The minimum atomic E-state index is 0.273. The Balaban J connectivity index is 2.41. The second-order valence-corrected chi connectivity index (χ2v) is 5.07. The van der Waals surface area contributed by atoms with Gasteiger partial charge in [0, 0.05) is 10.9 Å². The van der Waals surface area contributed by atoms with Gasteiger partial charge < -0.3 is 5.32 Å². The molecular weight excluding hydrogens is 230 g/mol. The number of halogens is 1. The summed E-state index contributed by atoms with van der Waals surface area (Å²) in [5.41, 5.74) is 3.96. The zero-order valence-electron chi connectivity index (χ0n) is 10.2. The largest absolute Gasteiger partial charge is 0.384 e. The Morgan fingerprint density at radius 3 is 2.88 bits per heavy atom. The topological polar surface area (TPSA) is 12.0 Å². The molecule has 0 amide bonds. The Hall–Kier alpha value is -1.21. The Bertz CT molecular complexity index is 450. The molecule has 1 unspecified atom stereocenters. The summed E-state index contributed by atoms with van der Waals surface area (Å²) in [6.07, 6.45) is 3.78. The van der Waals surface area contributed by atoms with Crippen molar-refractivity contribution >= 4 is 11.6 Å². The maximum atomic E-state index is 6.06. The molecular formula is C15H18ClN. The minimum absolute atomic E-state index is 0.273. The van der Waals surface area contributed by atoms with Crippen LogP contribution in [0.3, 0.4) is 0 Å². The molecule has 1 N–H and O–H groups in total. The lowest BCUT2D eigenvalue weighted by Gasteiger charge is -2.25. The molecule has 0 fully saturated rings. The predicted molar refractivity (Wildman–Crippen MR) is 74.4 cm³/mol. The van der Waals surface area contributed by atoms with Gasteiger partial charge in [-0.1, -0.05) is 43.3 Å². The molecule has 1 aromatic rings. The molecule has 17 heavy (non-hydrogen) atoms. The third-order valence-electron chi connectivity index (χ3n) is 3.55. The first kappa shape index (κ1) is 12.3. The average Bonchev–Trinajstić information content (AvgIpc) is 2.41. The molecule has 90 valence electrons. The smallest absolute Gasteiger partial charge is 0.0531 e. The Morgan fingerprint density at radius 2 is 2.18 bits per heavy atom. The lowest BCUT2D eigenvalue weighted by Crippen LogP contribution is -2.30. The van der Waals surface area contributed by atoms with Crippen LogP contribution in [0.5, 0.6) is 0 Å². The number of nitrogens with one attached hydrogen (secondary N) is 1. The highest BCUT2D eigenvalue weighted by Gasteiger charge is 2.25. The summed E-state index contributed by atoms with van der Waals surface area (Å²) in [4.78, 5) is 0. The lowest BCUT2D eigenvalue weighted by atomic mass is 9.89. The van der Waals surface area contributed by atoms with E-state index in [0.717, 1.165) is 17.9 Å². The summed E-state index contributed by atoms with van der Waals surface area (Å²) >= 11 is 6.06. The van der Waals surface area contributed by atoms with Gasteiger partial charge in [0.05, 0.1) is 6.04 Å². The van der Waals surface area contributed by atoms with E-state index in [4.69, 9.17) is 11.6 Å². The van der Waals surface area contributed by atoms with Crippen molar-refractivity contribution in [3.63, 3.8) is 0 Å². The predicted octanol–water partition coefficient (Wildman–Crippen LogP) is 4.05. The van der Waals surface area contributed by atoms with Gasteiger partial charge in [0.25, 0.3) is 0 Å². The van der Waals surface area contributed by atoms with E-state index in [-0.39, 0.29) is 6.04 Å². The summed E-state index contributed by atoms with van der Waals surface area (Å²) in [6.45, 7) is 10.2. The third kappa shape index (κ3) is 2.39. The zero-order chi connectivity index (χ0) is 12.4. The van der Waals surface area contributed by atoms with Gasteiger partial charge in [-0.15, -0.1) is 0 Å². The second kappa shape index (κ2) is 4.97. The van der Waals surface area contributed by atoms with Gasteiger partial charge in [-0.25, -0.2) is 0 Å². The quantitative estimate of drug-likeness (QED) is 0.614. The monoisotopic (exact) mass is 247 g/mol. The molecule has 1 aliphatic rings.